The van der Waals surface area contributed by atoms with Gasteiger partial charge in [-0.1, -0.05) is 12.8 Å². The van der Waals surface area contributed by atoms with Crippen LogP contribution in [0.1, 0.15) is 52.1 Å². The van der Waals surface area contributed by atoms with Crippen LogP contribution in [-0.4, -0.2) is 79.6 Å². The summed E-state index contributed by atoms with van der Waals surface area (Å²) in [5, 5.41) is 10.6. The van der Waals surface area contributed by atoms with Gasteiger partial charge in [-0.15, -0.1) is 0 Å². The average Bonchev–Trinajstić information content (AvgIpc) is 3.17. The second kappa shape index (κ2) is 11.6. The van der Waals surface area contributed by atoms with E-state index in [2.05, 4.69) is 31.0 Å². The number of amides is 1. The Labute approximate surface area is 199 Å². The molecule has 1 amide bonds. The first-order valence-corrected chi connectivity index (χ1v) is 11.9. The molecular weight excluding hydrogens is 432 g/mol. The zero-order valence-electron chi connectivity index (χ0n) is 19.6. The minimum Gasteiger partial charge on any atom is -0.341 e. The molecule has 0 unspecified atom stereocenters. The van der Waals surface area contributed by atoms with Crippen LogP contribution in [0.3, 0.4) is 0 Å². The monoisotopic (exact) mass is 464 g/mol. The summed E-state index contributed by atoms with van der Waals surface area (Å²) in [6.07, 6.45) is 6.84. The molecule has 4 rings (SSSR count). The highest BCUT2D eigenvalue weighted by Crippen LogP contribution is 2.25. The average molecular weight is 465 g/mol. The summed E-state index contributed by atoms with van der Waals surface area (Å²) >= 11 is 0. The number of hydrazone groups is 1. The first kappa shape index (κ1) is 23.6. The molecule has 2 saturated heterocycles. The molecule has 1 aromatic heterocycles. The van der Waals surface area contributed by atoms with Gasteiger partial charge in [0.05, 0.1) is 11.8 Å². The van der Waals surface area contributed by atoms with Crippen molar-refractivity contribution in [3.8, 4) is 0 Å². The smallest absolute Gasteiger partial charge is 0.253 e. The Bertz CT molecular complexity index is 1010. The Morgan fingerprint density at radius 2 is 1.74 bits per heavy atom. The van der Waals surface area contributed by atoms with Gasteiger partial charge in [0, 0.05) is 57.6 Å². The van der Waals surface area contributed by atoms with E-state index in [0.29, 0.717) is 41.7 Å². The van der Waals surface area contributed by atoms with Gasteiger partial charge in [0.25, 0.3) is 5.91 Å². The normalized spacial score (nSPS) is 16.9. The molecule has 1 aromatic carbocycles. The molecule has 2 aliphatic rings. The van der Waals surface area contributed by atoms with Crippen molar-refractivity contribution in [2.75, 3.05) is 56.5 Å². The number of hydrogen-bond donors (Lipinski definition) is 3. The predicted molar refractivity (Wildman–Crippen MR) is 133 cm³/mol. The van der Waals surface area contributed by atoms with Crippen molar-refractivity contribution in [3.63, 3.8) is 0 Å². The van der Waals surface area contributed by atoms with Crippen molar-refractivity contribution >= 4 is 35.9 Å². The number of carbonyl (C=O) groups excluding carboxylic acids is 2. The number of nitrogens with zero attached hydrogens (tertiary/aromatic N) is 5. The van der Waals surface area contributed by atoms with Gasteiger partial charge >= 0.3 is 0 Å². The quantitative estimate of drug-likeness (QED) is 0.324. The fraction of sp³-hybridized carbons (Fsp3) is 0.458. The van der Waals surface area contributed by atoms with Crippen LogP contribution in [0.4, 0.5) is 17.5 Å². The number of hydrogen-bond acceptors (Lipinski definition) is 9. The highest BCUT2D eigenvalue weighted by Gasteiger charge is 2.20. The number of carbonyl (C=O) groups is 2. The molecule has 10 nitrogen and oxygen atoms in total. The molecule has 2 aromatic rings. The number of nitrogens with one attached hydrogen (secondary N) is 3. The van der Waals surface area contributed by atoms with Gasteiger partial charge in [-0.25, -0.2) is 4.98 Å². The maximum Gasteiger partial charge on any atom is 0.253 e. The van der Waals surface area contributed by atoms with Gasteiger partial charge in [-0.05, 0) is 37.1 Å². The van der Waals surface area contributed by atoms with E-state index in [9.17, 15) is 9.59 Å². The lowest BCUT2D eigenvalue weighted by atomic mass is 10.1. The first-order chi connectivity index (χ1) is 16.7. The molecule has 10 heteroatoms. The van der Waals surface area contributed by atoms with E-state index in [1.807, 2.05) is 17.0 Å². The van der Waals surface area contributed by atoms with Crippen molar-refractivity contribution in [2.24, 2.45) is 5.10 Å². The van der Waals surface area contributed by atoms with Crippen molar-refractivity contribution in [1.29, 1.82) is 0 Å². The van der Waals surface area contributed by atoms with Crippen molar-refractivity contribution in [1.82, 2.24) is 25.6 Å². The SMILES string of the molecule is CN/N=C\c1nc(N2CCCCCC2)nc(Nc2ccc(C(=O)N3CCNCC3)cc2)c1C=O. The van der Waals surface area contributed by atoms with Crippen molar-refractivity contribution in [2.45, 2.75) is 25.7 Å². The Morgan fingerprint density at radius 3 is 2.38 bits per heavy atom. The van der Waals surface area contributed by atoms with E-state index < -0.39 is 0 Å². The zero-order chi connectivity index (χ0) is 23.8. The summed E-state index contributed by atoms with van der Waals surface area (Å²) in [6.45, 7) is 4.80. The van der Waals surface area contributed by atoms with Gasteiger partial charge < -0.3 is 25.9 Å². The Hall–Kier alpha value is -3.53. The van der Waals surface area contributed by atoms with Crippen LogP contribution in [-0.2, 0) is 0 Å². The lowest BCUT2D eigenvalue weighted by Crippen LogP contribution is -2.46. The van der Waals surface area contributed by atoms with Crippen LogP contribution < -0.4 is 21.0 Å². The van der Waals surface area contributed by atoms with Gasteiger partial charge in [-0.3, -0.25) is 9.59 Å². The zero-order valence-corrected chi connectivity index (χ0v) is 19.6. The van der Waals surface area contributed by atoms with Gasteiger partial charge in [0.2, 0.25) is 5.95 Å². The van der Waals surface area contributed by atoms with E-state index in [-0.39, 0.29) is 5.91 Å². The number of anilines is 3. The van der Waals surface area contributed by atoms with Crippen LogP contribution in [0, 0.1) is 0 Å². The molecular formula is C24H32N8O2. The molecule has 0 radical (unpaired) electrons. The van der Waals surface area contributed by atoms with E-state index in [1.54, 1.807) is 19.2 Å². The van der Waals surface area contributed by atoms with Crippen LogP contribution in [0.2, 0.25) is 0 Å². The summed E-state index contributed by atoms with van der Waals surface area (Å²) in [7, 11) is 1.69. The second-order valence-electron chi connectivity index (χ2n) is 8.42. The van der Waals surface area contributed by atoms with E-state index >= 15 is 0 Å². The minimum absolute atomic E-state index is 0.0256. The number of rotatable bonds is 7. The molecule has 180 valence electrons. The topological polar surface area (TPSA) is 115 Å². The van der Waals surface area contributed by atoms with Crippen LogP contribution >= 0.6 is 0 Å². The molecule has 3 N–H and O–H groups in total. The van der Waals surface area contributed by atoms with Gasteiger partial charge in [0.15, 0.2) is 6.29 Å². The van der Waals surface area contributed by atoms with E-state index in [1.165, 1.54) is 19.1 Å². The van der Waals surface area contributed by atoms with Gasteiger partial charge in [-0.2, -0.15) is 10.1 Å². The van der Waals surface area contributed by atoms with Crippen LogP contribution in [0.5, 0.6) is 0 Å². The molecule has 3 heterocycles. The molecule has 0 bridgehead atoms. The molecule has 2 aliphatic heterocycles. The third-order valence-corrected chi connectivity index (χ3v) is 6.08. The molecule has 34 heavy (non-hydrogen) atoms. The Balaban J connectivity index is 1.60. The molecule has 0 atom stereocenters. The lowest BCUT2D eigenvalue weighted by molar-refractivity contribution is 0.0735. The fourth-order valence-electron chi connectivity index (χ4n) is 4.21. The lowest BCUT2D eigenvalue weighted by Gasteiger charge is -2.27. The molecule has 2 fully saturated rings. The van der Waals surface area contributed by atoms with E-state index in [4.69, 9.17) is 4.98 Å². The second-order valence-corrected chi connectivity index (χ2v) is 8.42. The summed E-state index contributed by atoms with van der Waals surface area (Å²) in [5.41, 5.74) is 4.86. The highest BCUT2D eigenvalue weighted by atomic mass is 16.2. The van der Waals surface area contributed by atoms with Crippen LogP contribution in [0.25, 0.3) is 0 Å². The van der Waals surface area contributed by atoms with Crippen molar-refractivity contribution in [3.05, 3.63) is 41.1 Å². The maximum atomic E-state index is 12.7. The third-order valence-electron chi connectivity index (χ3n) is 6.08. The van der Waals surface area contributed by atoms with E-state index in [0.717, 1.165) is 51.0 Å². The van der Waals surface area contributed by atoms with Gasteiger partial charge in [0.1, 0.15) is 11.5 Å². The molecule has 0 spiro atoms. The fourth-order valence-corrected chi connectivity index (χ4v) is 4.21. The predicted octanol–water partition coefficient (Wildman–Crippen LogP) is 2.01. The molecule has 0 saturated carbocycles. The summed E-state index contributed by atoms with van der Waals surface area (Å²) in [6, 6.07) is 7.26. The Morgan fingerprint density at radius 1 is 1.03 bits per heavy atom. The van der Waals surface area contributed by atoms with Crippen LogP contribution in [0.15, 0.2) is 29.4 Å². The number of piperazine rings is 1. The Kier molecular flexibility index (Phi) is 8.03. The highest BCUT2D eigenvalue weighted by molar-refractivity contribution is 5.97. The molecule has 0 aliphatic carbocycles. The van der Waals surface area contributed by atoms with Crippen molar-refractivity contribution < 1.29 is 9.59 Å². The number of benzene rings is 1. The largest absolute Gasteiger partial charge is 0.341 e. The first-order valence-electron chi connectivity index (χ1n) is 11.9. The summed E-state index contributed by atoms with van der Waals surface area (Å²) in [4.78, 5) is 38.1. The summed E-state index contributed by atoms with van der Waals surface area (Å²) in [5.74, 6) is 1.03. The number of aldehydes is 1. The third kappa shape index (κ3) is 5.69. The number of aromatic nitrogens is 2. The maximum absolute atomic E-state index is 12.7. The standard InChI is InChI=1S/C24H32N8O2/c1-25-27-16-21-20(17-33)22(30-24(29-21)32-12-4-2-3-5-13-32)28-19-8-6-18(7-9-19)23(34)31-14-10-26-11-15-31/h6-9,16-17,25-26H,2-5,10-15H2,1H3,(H,28,29,30)/b27-16-. The minimum atomic E-state index is 0.0256. The summed E-state index contributed by atoms with van der Waals surface area (Å²) < 4.78 is 0.